The number of carbonyl (C=O) groups is 1. The maximum Gasteiger partial charge on any atom is 0.307 e. The molecule has 0 fully saturated rings. The van der Waals surface area contributed by atoms with Gasteiger partial charge in [0.25, 0.3) is 0 Å². The quantitative estimate of drug-likeness (QED) is 0.850. The summed E-state index contributed by atoms with van der Waals surface area (Å²) in [6, 6.07) is 16.2. The Labute approximate surface area is 137 Å². The zero-order chi connectivity index (χ0) is 16.8. The van der Waals surface area contributed by atoms with Crippen molar-refractivity contribution in [2.75, 3.05) is 20.7 Å². The van der Waals surface area contributed by atoms with Crippen LogP contribution in [0.2, 0.25) is 0 Å². The van der Waals surface area contributed by atoms with E-state index in [4.69, 9.17) is 9.84 Å². The highest BCUT2D eigenvalue weighted by Gasteiger charge is 2.13. The lowest BCUT2D eigenvalue weighted by Gasteiger charge is -2.19. The second kappa shape index (κ2) is 7.79. The number of carboxylic acid groups (broad SMARTS) is 1. The smallest absolute Gasteiger partial charge is 0.307 e. The maximum atomic E-state index is 10.9. The summed E-state index contributed by atoms with van der Waals surface area (Å²) in [5, 5.41) is 8.97. The third-order valence-electron chi connectivity index (χ3n) is 3.83. The fourth-order valence-corrected chi connectivity index (χ4v) is 2.59. The van der Waals surface area contributed by atoms with Crippen molar-refractivity contribution in [3.63, 3.8) is 0 Å². The Kier molecular flexibility index (Phi) is 5.77. The first-order valence-corrected chi connectivity index (χ1v) is 7.65. The molecule has 0 aliphatic heterocycles. The number of nitrogens with zero attached hydrogens (tertiary/aromatic N) is 1. The van der Waals surface area contributed by atoms with Crippen molar-refractivity contribution in [1.82, 2.24) is 4.90 Å². The van der Waals surface area contributed by atoms with E-state index in [2.05, 4.69) is 24.3 Å². The Hall–Kier alpha value is -2.33. The fraction of sp³-hybridized carbons (Fsp3) is 0.316. The molecule has 0 saturated carbocycles. The van der Waals surface area contributed by atoms with E-state index in [0.29, 0.717) is 6.54 Å². The van der Waals surface area contributed by atoms with E-state index in [0.717, 1.165) is 29.0 Å². The average Bonchev–Trinajstić information content (AvgIpc) is 2.55. The summed E-state index contributed by atoms with van der Waals surface area (Å²) in [5.41, 5.74) is 3.32. The second-order valence-electron chi connectivity index (χ2n) is 5.83. The first-order chi connectivity index (χ1) is 11.0. The Morgan fingerprint density at radius 1 is 1.17 bits per heavy atom. The molecule has 1 N–H and O–H groups in total. The van der Waals surface area contributed by atoms with Gasteiger partial charge in [0.2, 0.25) is 0 Å². The van der Waals surface area contributed by atoms with Gasteiger partial charge in [0, 0.05) is 18.7 Å². The highest BCUT2D eigenvalue weighted by atomic mass is 16.5. The van der Waals surface area contributed by atoms with Crippen LogP contribution in [0, 0.1) is 5.92 Å². The fourth-order valence-electron chi connectivity index (χ4n) is 2.59. The van der Waals surface area contributed by atoms with Crippen LogP contribution in [0.25, 0.3) is 11.1 Å². The predicted octanol–water partition coefficient (Wildman–Crippen LogP) is 3.51. The molecule has 2 aromatic rings. The number of methoxy groups -OCH3 is 1. The topological polar surface area (TPSA) is 49.8 Å². The number of carboxylic acids is 1. The zero-order valence-electron chi connectivity index (χ0n) is 13.8. The molecular formula is C19H23NO3. The first-order valence-electron chi connectivity index (χ1n) is 7.65. The minimum absolute atomic E-state index is 0.368. The second-order valence-corrected chi connectivity index (χ2v) is 5.83. The molecule has 0 aliphatic rings. The SMILES string of the molecule is COc1ccccc1-c1ccc(CN(C)CC(C)C(=O)O)cc1. The largest absolute Gasteiger partial charge is 0.496 e. The van der Waals surface area contributed by atoms with Crippen LogP contribution >= 0.6 is 0 Å². The van der Waals surface area contributed by atoms with Gasteiger partial charge in [-0.1, -0.05) is 49.4 Å². The highest BCUT2D eigenvalue weighted by molar-refractivity contribution is 5.70. The molecule has 0 radical (unpaired) electrons. The minimum atomic E-state index is -0.761. The molecule has 23 heavy (non-hydrogen) atoms. The monoisotopic (exact) mass is 313 g/mol. The van der Waals surface area contributed by atoms with Crippen LogP contribution in [0.4, 0.5) is 0 Å². The van der Waals surface area contributed by atoms with Crippen molar-refractivity contribution in [2.24, 2.45) is 5.92 Å². The number of aliphatic carboxylic acids is 1. The Morgan fingerprint density at radius 2 is 1.83 bits per heavy atom. The van der Waals surface area contributed by atoms with Crippen LogP contribution in [0.1, 0.15) is 12.5 Å². The summed E-state index contributed by atoms with van der Waals surface area (Å²) in [5.74, 6) is -0.274. The molecule has 122 valence electrons. The molecule has 1 atom stereocenters. The van der Waals surface area contributed by atoms with Gasteiger partial charge in [-0.2, -0.15) is 0 Å². The summed E-state index contributed by atoms with van der Waals surface area (Å²) >= 11 is 0. The van der Waals surface area contributed by atoms with Crippen LogP contribution in [0.3, 0.4) is 0 Å². The van der Waals surface area contributed by atoms with Gasteiger partial charge >= 0.3 is 5.97 Å². The molecular weight excluding hydrogens is 290 g/mol. The molecule has 0 spiro atoms. The average molecular weight is 313 g/mol. The van der Waals surface area contributed by atoms with E-state index in [-0.39, 0.29) is 5.92 Å². The van der Waals surface area contributed by atoms with E-state index >= 15 is 0 Å². The van der Waals surface area contributed by atoms with Gasteiger partial charge in [-0.3, -0.25) is 4.79 Å². The lowest BCUT2D eigenvalue weighted by atomic mass is 10.0. The van der Waals surface area contributed by atoms with Crippen LogP contribution in [-0.4, -0.2) is 36.7 Å². The number of rotatable bonds is 7. The van der Waals surface area contributed by atoms with Crippen molar-refractivity contribution in [1.29, 1.82) is 0 Å². The van der Waals surface area contributed by atoms with E-state index in [1.165, 1.54) is 0 Å². The van der Waals surface area contributed by atoms with Crippen molar-refractivity contribution >= 4 is 5.97 Å². The Bertz CT molecular complexity index is 652. The van der Waals surface area contributed by atoms with Crippen LogP contribution < -0.4 is 4.74 Å². The van der Waals surface area contributed by atoms with Crippen molar-refractivity contribution < 1.29 is 14.6 Å². The van der Waals surface area contributed by atoms with Gasteiger partial charge in [-0.05, 0) is 24.2 Å². The molecule has 0 saturated heterocycles. The maximum absolute atomic E-state index is 10.9. The first kappa shape index (κ1) is 17.0. The summed E-state index contributed by atoms with van der Waals surface area (Å²) < 4.78 is 5.40. The number of ether oxygens (including phenoxy) is 1. The number of hydrogen-bond donors (Lipinski definition) is 1. The summed E-state index contributed by atoms with van der Waals surface area (Å²) in [7, 11) is 3.61. The number of para-hydroxylation sites is 1. The zero-order valence-corrected chi connectivity index (χ0v) is 13.8. The normalized spacial score (nSPS) is 12.2. The number of benzene rings is 2. The molecule has 0 amide bonds. The lowest BCUT2D eigenvalue weighted by molar-refractivity contribution is -0.141. The Morgan fingerprint density at radius 3 is 2.43 bits per heavy atom. The molecule has 2 rings (SSSR count). The molecule has 0 aromatic heterocycles. The van der Waals surface area contributed by atoms with Crippen molar-refractivity contribution in [3.05, 3.63) is 54.1 Å². The van der Waals surface area contributed by atoms with Crippen LogP contribution in [0.15, 0.2) is 48.5 Å². The van der Waals surface area contributed by atoms with E-state index < -0.39 is 5.97 Å². The lowest BCUT2D eigenvalue weighted by Crippen LogP contribution is -2.28. The minimum Gasteiger partial charge on any atom is -0.496 e. The van der Waals surface area contributed by atoms with E-state index in [1.54, 1.807) is 14.0 Å². The van der Waals surface area contributed by atoms with Crippen molar-refractivity contribution in [3.8, 4) is 16.9 Å². The molecule has 0 aliphatic carbocycles. The van der Waals surface area contributed by atoms with Gasteiger partial charge in [0.1, 0.15) is 5.75 Å². The summed E-state index contributed by atoms with van der Waals surface area (Å²) in [4.78, 5) is 12.9. The molecule has 0 heterocycles. The molecule has 4 heteroatoms. The molecule has 2 aromatic carbocycles. The van der Waals surface area contributed by atoms with Gasteiger partial charge in [-0.15, -0.1) is 0 Å². The summed E-state index contributed by atoms with van der Waals surface area (Å²) in [6.45, 7) is 2.98. The van der Waals surface area contributed by atoms with Crippen molar-refractivity contribution in [2.45, 2.75) is 13.5 Å². The standard InChI is InChI=1S/C19H23NO3/c1-14(19(21)22)12-20(2)13-15-8-10-16(11-9-15)17-6-4-5-7-18(17)23-3/h4-11,14H,12-13H2,1-3H3,(H,21,22). The summed E-state index contributed by atoms with van der Waals surface area (Å²) in [6.07, 6.45) is 0. The van der Waals surface area contributed by atoms with E-state index in [9.17, 15) is 4.79 Å². The van der Waals surface area contributed by atoms with E-state index in [1.807, 2.05) is 36.2 Å². The number of hydrogen-bond acceptors (Lipinski definition) is 3. The van der Waals surface area contributed by atoms with Gasteiger partial charge in [-0.25, -0.2) is 0 Å². The molecule has 0 bridgehead atoms. The van der Waals surface area contributed by atoms with Gasteiger partial charge in [0.15, 0.2) is 0 Å². The third kappa shape index (κ3) is 4.57. The Balaban J connectivity index is 2.06. The molecule has 4 nitrogen and oxygen atoms in total. The van der Waals surface area contributed by atoms with Gasteiger partial charge in [0.05, 0.1) is 13.0 Å². The van der Waals surface area contributed by atoms with Crippen LogP contribution in [0.5, 0.6) is 5.75 Å². The third-order valence-corrected chi connectivity index (χ3v) is 3.83. The van der Waals surface area contributed by atoms with Crippen LogP contribution in [-0.2, 0) is 11.3 Å². The molecule has 1 unspecified atom stereocenters. The van der Waals surface area contributed by atoms with Gasteiger partial charge < -0.3 is 14.7 Å². The predicted molar refractivity (Wildman–Crippen MR) is 91.6 cm³/mol. The highest BCUT2D eigenvalue weighted by Crippen LogP contribution is 2.29.